The van der Waals surface area contributed by atoms with Gasteiger partial charge in [-0.3, -0.25) is 9.69 Å². The number of benzene rings is 1. The molecule has 0 aliphatic carbocycles. The maximum absolute atomic E-state index is 12.7. The minimum Gasteiger partial charge on any atom is -0.380 e. The molecule has 2 saturated heterocycles. The van der Waals surface area contributed by atoms with E-state index >= 15 is 0 Å². The van der Waals surface area contributed by atoms with Crippen LogP contribution >= 0.6 is 0 Å². The number of carbonyl (C=O) groups is 1. The lowest BCUT2D eigenvalue weighted by molar-refractivity contribution is -0.136. The summed E-state index contributed by atoms with van der Waals surface area (Å²) in [5.41, 5.74) is 3.54. The molecule has 0 spiro atoms. The molecular formula is C23H29N7O2. The third-order valence-electron chi connectivity index (χ3n) is 6.62. The van der Waals surface area contributed by atoms with E-state index in [1.165, 1.54) is 0 Å². The molecule has 0 bridgehead atoms. The summed E-state index contributed by atoms with van der Waals surface area (Å²) in [7, 11) is 2.13. The van der Waals surface area contributed by atoms with Crippen molar-refractivity contribution in [3.8, 4) is 11.3 Å². The molecule has 32 heavy (non-hydrogen) atoms. The molecule has 4 heterocycles. The van der Waals surface area contributed by atoms with Crippen molar-refractivity contribution >= 4 is 17.2 Å². The van der Waals surface area contributed by atoms with Crippen molar-refractivity contribution in [3.05, 3.63) is 42.7 Å². The van der Waals surface area contributed by atoms with Gasteiger partial charge in [0.2, 0.25) is 11.6 Å². The summed E-state index contributed by atoms with van der Waals surface area (Å²) in [4.78, 5) is 17.0. The number of nitrogens with one attached hydrogen (secondary N) is 1. The van der Waals surface area contributed by atoms with Crippen LogP contribution in [0.1, 0.15) is 19.3 Å². The van der Waals surface area contributed by atoms with Crippen molar-refractivity contribution in [1.82, 2.24) is 29.6 Å². The minimum atomic E-state index is 0.241. The van der Waals surface area contributed by atoms with Crippen molar-refractivity contribution in [3.63, 3.8) is 0 Å². The molecule has 2 aliphatic heterocycles. The molecule has 1 amide bonds. The number of anilines is 1. The largest absolute Gasteiger partial charge is 0.380 e. The maximum atomic E-state index is 12.7. The number of fused-ring (bicyclic) bond motifs is 1. The van der Waals surface area contributed by atoms with Gasteiger partial charge in [0.15, 0.2) is 0 Å². The predicted octanol–water partition coefficient (Wildman–Crippen LogP) is 1.91. The zero-order valence-electron chi connectivity index (χ0n) is 18.4. The Morgan fingerprint density at radius 2 is 1.94 bits per heavy atom. The lowest BCUT2D eigenvalue weighted by atomic mass is 10.1. The van der Waals surface area contributed by atoms with Crippen LogP contribution < -0.4 is 5.32 Å². The standard InChI is InChI=1S/C23H29N7O2/c1-28-18(13-22(31)29-9-11-32-12-10-29)7-8-19(28)15-24-21-14-20(17-5-3-2-4-6-17)27-30-16-25-26-23(21)30/h2-6,14,16,18-19,24H,7-13,15H2,1H3/t18-,19+/m1/s1. The zero-order chi connectivity index (χ0) is 21.9. The van der Waals surface area contributed by atoms with Crippen molar-refractivity contribution in [2.45, 2.75) is 31.3 Å². The lowest BCUT2D eigenvalue weighted by Gasteiger charge is -2.30. The van der Waals surface area contributed by atoms with Crippen LogP contribution in [0.4, 0.5) is 5.69 Å². The van der Waals surface area contributed by atoms with E-state index in [0.717, 1.165) is 36.3 Å². The topological polar surface area (TPSA) is 87.9 Å². The van der Waals surface area contributed by atoms with Gasteiger partial charge >= 0.3 is 0 Å². The van der Waals surface area contributed by atoms with Gasteiger partial charge in [0, 0.05) is 43.7 Å². The number of hydrogen-bond acceptors (Lipinski definition) is 7. The summed E-state index contributed by atoms with van der Waals surface area (Å²) >= 11 is 0. The van der Waals surface area contributed by atoms with Gasteiger partial charge in [0.1, 0.15) is 6.33 Å². The smallest absolute Gasteiger partial charge is 0.224 e. The summed E-state index contributed by atoms with van der Waals surface area (Å²) in [5.74, 6) is 0.241. The molecule has 1 aromatic carbocycles. The molecule has 3 aromatic rings. The lowest BCUT2D eigenvalue weighted by Crippen LogP contribution is -2.44. The van der Waals surface area contributed by atoms with E-state index in [4.69, 9.17) is 4.74 Å². The highest BCUT2D eigenvalue weighted by Gasteiger charge is 2.33. The Kier molecular flexibility index (Phi) is 6.00. The Morgan fingerprint density at radius 1 is 1.16 bits per heavy atom. The van der Waals surface area contributed by atoms with Gasteiger partial charge in [-0.05, 0) is 26.0 Å². The SMILES string of the molecule is CN1[C@@H](CC(=O)N2CCOCC2)CC[C@H]1CNc1cc(-c2ccccc2)nn2cnnc12. The molecule has 1 N–H and O–H groups in total. The molecule has 2 fully saturated rings. The Morgan fingerprint density at radius 3 is 2.75 bits per heavy atom. The highest BCUT2D eigenvalue weighted by molar-refractivity contribution is 5.77. The Balaban J connectivity index is 1.25. The van der Waals surface area contributed by atoms with Crippen LogP contribution in [0.25, 0.3) is 16.9 Å². The first kappa shape index (κ1) is 20.8. The van der Waals surface area contributed by atoms with Crippen molar-refractivity contribution in [2.24, 2.45) is 0 Å². The Hall–Kier alpha value is -3.04. The Labute approximate surface area is 187 Å². The van der Waals surface area contributed by atoms with Crippen LogP contribution in [0.15, 0.2) is 42.7 Å². The third-order valence-corrected chi connectivity index (χ3v) is 6.62. The number of amides is 1. The van der Waals surface area contributed by atoms with Crippen LogP contribution in [0.2, 0.25) is 0 Å². The van der Waals surface area contributed by atoms with Gasteiger partial charge in [-0.15, -0.1) is 10.2 Å². The average Bonchev–Trinajstić information content (AvgIpc) is 3.45. The molecular weight excluding hydrogens is 406 g/mol. The fourth-order valence-corrected chi connectivity index (χ4v) is 4.66. The fraction of sp³-hybridized carbons (Fsp3) is 0.478. The molecule has 2 atom stereocenters. The molecule has 2 aliphatic rings. The van der Waals surface area contributed by atoms with E-state index in [1.54, 1.807) is 10.8 Å². The normalized spacial score (nSPS) is 21.8. The van der Waals surface area contributed by atoms with E-state index in [0.29, 0.717) is 44.4 Å². The number of aromatic nitrogens is 4. The van der Waals surface area contributed by atoms with Crippen LogP contribution in [0.5, 0.6) is 0 Å². The summed E-state index contributed by atoms with van der Waals surface area (Å²) in [6.45, 7) is 3.49. The monoisotopic (exact) mass is 435 g/mol. The molecule has 2 aromatic heterocycles. The fourth-order valence-electron chi connectivity index (χ4n) is 4.66. The third kappa shape index (κ3) is 4.31. The molecule has 9 heteroatoms. The second kappa shape index (κ2) is 9.22. The van der Waals surface area contributed by atoms with Crippen LogP contribution in [0, 0.1) is 0 Å². The second-order valence-electron chi connectivity index (χ2n) is 8.54. The number of ether oxygens (including phenoxy) is 1. The van der Waals surface area contributed by atoms with Gasteiger partial charge in [-0.1, -0.05) is 30.3 Å². The zero-order valence-corrected chi connectivity index (χ0v) is 18.4. The van der Waals surface area contributed by atoms with E-state index in [1.807, 2.05) is 41.3 Å². The number of likely N-dealkylation sites (N-methyl/N-ethyl adjacent to an activating group) is 1. The highest BCUT2D eigenvalue weighted by atomic mass is 16.5. The number of hydrogen-bond donors (Lipinski definition) is 1. The van der Waals surface area contributed by atoms with E-state index in [2.05, 4.69) is 32.6 Å². The maximum Gasteiger partial charge on any atom is 0.224 e. The number of rotatable bonds is 6. The second-order valence-corrected chi connectivity index (χ2v) is 8.54. The first-order chi connectivity index (χ1) is 15.7. The van der Waals surface area contributed by atoms with Crippen molar-refractivity contribution in [1.29, 1.82) is 0 Å². The number of carbonyl (C=O) groups excluding carboxylic acids is 1. The van der Waals surface area contributed by atoms with Crippen LogP contribution in [-0.4, -0.2) is 87.5 Å². The molecule has 9 nitrogen and oxygen atoms in total. The van der Waals surface area contributed by atoms with Gasteiger partial charge < -0.3 is 15.0 Å². The molecule has 0 saturated carbocycles. The number of morpholine rings is 1. The summed E-state index contributed by atoms with van der Waals surface area (Å²) in [5, 5.41) is 16.5. The first-order valence-corrected chi connectivity index (χ1v) is 11.3. The van der Waals surface area contributed by atoms with E-state index < -0.39 is 0 Å². The number of nitrogens with zero attached hydrogens (tertiary/aromatic N) is 6. The van der Waals surface area contributed by atoms with E-state index in [9.17, 15) is 4.79 Å². The molecule has 0 unspecified atom stereocenters. The van der Waals surface area contributed by atoms with E-state index in [-0.39, 0.29) is 11.9 Å². The van der Waals surface area contributed by atoms with Crippen molar-refractivity contribution < 1.29 is 9.53 Å². The van der Waals surface area contributed by atoms with Gasteiger partial charge in [-0.2, -0.15) is 9.61 Å². The Bertz CT molecular complexity index is 1060. The van der Waals surface area contributed by atoms with Crippen LogP contribution in [0.3, 0.4) is 0 Å². The quantitative estimate of drug-likeness (QED) is 0.633. The highest BCUT2D eigenvalue weighted by Crippen LogP contribution is 2.27. The van der Waals surface area contributed by atoms with Crippen molar-refractivity contribution in [2.75, 3.05) is 45.2 Å². The molecule has 168 valence electrons. The molecule has 5 rings (SSSR count). The first-order valence-electron chi connectivity index (χ1n) is 11.3. The van der Waals surface area contributed by atoms with Gasteiger partial charge in [-0.25, -0.2) is 0 Å². The van der Waals surface area contributed by atoms with Gasteiger partial charge in [0.05, 0.1) is 24.6 Å². The summed E-state index contributed by atoms with van der Waals surface area (Å²) < 4.78 is 7.08. The summed E-state index contributed by atoms with van der Waals surface area (Å²) in [6, 6.07) is 12.8. The molecule has 0 radical (unpaired) electrons. The van der Waals surface area contributed by atoms with Crippen LogP contribution in [-0.2, 0) is 9.53 Å². The number of likely N-dealkylation sites (tertiary alicyclic amines) is 1. The minimum absolute atomic E-state index is 0.241. The summed E-state index contributed by atoms with van der Waals surface area (Å²) in [6.07, 6.45) is 4.30. The predicted molar refractivity (Wildman–Crippen MR) is 121 cm³/mol. The van der Waals surface area contributed by atoms with Gasteiger partial charge in [0.25, 0.3) is 0 Å². The average molecular weight is 436 g/mol.